The quantitative estimate of drug-likeness (QED) is 0.476. The minimum absolute atomic E-state index is 0.0742. The van der Waals surface area contributed by atoms with Gasteiger partial charge in [-0.25, -0.2) is 5.43 Å². The summed E-state index contributed by atoms with van der Waals surface area (Å²) < 4.78 is 16.3. The van der Waals surface area contributed by atoms with Gasteiger partial charge in [0, 0.05) is 17.3 Å². The molecule has 1 aliphatic rings. The zero-order valence-corrected chi connectivity index (χ0v) is 16.0. The summed E-state index contributed by atoms with van der Waals surface area (Å²) in [7, 11) is 0. The molecule has 29 heavy (non-hydrogen) atoms. The zero-order chi connectivity index (χ0) is 20.1. The summed E-state index contributed by atoms with van der Waals surface area (Å²) in [5, 5.41) is 9.24. The number of ether oxygens (including phenoxy) is 3. The fourth-order valence-corrected chi connectivity index (χ4v) is 3.09. The third kappa shape index (κ3) is 4.24. The summed E-state index contributed by atoms with van der Waals surface area (Å²) in [4.78, 5) is 12.1. The Morgan fingerprint density at radius 2 is 2.00 bits per heavy atom. The van der Waals surface area contributed by atoms with Crippen LogP contribution >= 0.6 is 0 Å². The predicted molar refractivity (Wildman–Crippen MR) is 112 cm³/mol. The van der Waals surface area contributed by atoms with Crippen molar-refractivity contribution in [1.29, 1.82) is 0 Å². The van der Waals surface area contributed by atoms with Crippen LogP contribution in [-0.2, 0) is 4.79 Å². The van der Waals surface area contributed by atoms with Crippen molar-refractivity contribution in [3.63, 3.8) is 0 Å². The molecule has 3 aromatic carbocycles. The fraction of sp³-hybridized carbons (Fsp3) is 0.182. The normalized spacial score (nSPS) is 12.3. The van der Waals surface area contributed by atoms with Crippen molar-refractivity contribution in [2.24, 2.45) is 5.10 Å². The Morgan fingerprint density at radius 3 is 2.90 bits per heavy atom. The lowest BCUT2D eigenvalue weighted by Crippen LogP contribution is -2.25. The number of amides is 1. The van der Waals surface area contributed by atoms with E-state index in [2.05, 4.69) is 15.8 Å². The molecule has 4 rings (SSSR count). The van der Waals surface area contributed by atoms with E-state index < -0.39 is 0 Å². The molecule has 148 valence electrons. The summed E-state index contributed by atoms with van der Waals surface area (Å²) in [5.41, 5.74) is 4.14. The van der Waals surface area contributed by atoms with Crippen LogP contribution in [0.25, 0.3) is 10.8 Å². The van der Waals surface area contributed by atoms with Crippen molar-refractivity contribution in [2.45, 2.75) is 6.92 Å². The van der Waals surface area contributed by atoms with E-state index in [1.807, 2.05) is 49.4 Å². The molecule has 3 aromatic rings. The first kappa shape index (κ1) is 18.6. The number of anilines is 1. The number of fused-ring (bicyclic) bond motifs is 2. The van der Waals surface area contributed by atoms with Crippen LogP contribution in [0.2, 0.25) is 0 Å². The molecule has 0 atom stereocenters. The average molecular weight is 391 g/mol. The van der Waals surface area contributed by atoms with E-state index >= 15 is 0 Å². The maximum Gasteiger partial charge on any atom is 0.259 e. The molecule has 0 bridgehead atoms. The third-order valence-corrected chi connectivity index (χ3v) is 4.44. The second-order valence-corrected chi connectivity index (χ2v) is 6.35. The minimum atomic E-state index is -0.267. The van der Waals surface area contributed by atoms with Gasteiger partial charge in [0.05, 0.1) is 19.4 Å². The first-order valence-corrected chi connectivity index (χ1v) is 9.34. The van der Waals surface area contributed by atoms with Gasteiger partial charge in [0.25, 0.3) is 5.91 Å². The van der Waals surface area contributed by atoms with Gasteiger partial charge in [-0.3, -0.25) is 4.79 Å². The molecule has 0 unspecified atom stereocenters. The summed E-state index contributed by atoms with van der Waals surface area (Å²) in [6, 6.07) is 17.3. The molecule has 0 saturated heterocycles. The maximum absolute atomic E-state index is 12.1. The molecule has 1 heterocycles. The minimum Gasteiger partial charge on any atom is -0.493 e. The van der Waals surface area contributed by atoms with Crippen LogP contribution in [0.1, 0.15) is 12.5 Å². The summed E-state index contributed by atoms with van der Waals surface area (Å²) >= 11 is 0. The lowest BCUT2D eigenvalue weighted by atomic mass is 10.0. The number of benzene rings is 3. The van der Waals surface area contributed by atoms with Crippen LogP contribution < -0.4 is 25.0 Å². The molecular formula is C22H21N3O4. The van der Waals surface area contributed by atoms with E-state index in [-0.39, 0.29) is 19.2 Å². The molecule has 0 fully saturated rings. The smallest absolute Gasteiger partial charge is 0.259 e. The summed E-state index contributed by atoms with van der Waals surface area (Å²) in [6.07, 6.45) is 1.62. The van der Waals surface area contributed by atoms with E-state index in [1.165, 1.54) is 0 Å². The van der Waals surface area contributed by atoms with Gasteiger partial charge in [0.2, 0.25) is 6.79 Å². The molecule has 0 radical (unpaired) electrons. The molecule has 1 amide bonds. The highest BCUT2D eigenvalue weighted by molar-refractivity contribution is 6.02. The van der Waals surface area contributed by atoms with Crippen LogP contribution in [-0.4, -0.2) is 32.1 Å². The number of hydrogen-bond donors (Lipinski definition) is 2. The Morgan fingerprint density at radius 1 is 1.14 bits per heavy atom. The van der Waals surface area contributed by atoms with Gasteiger partial charge in [0.15, 0.2) is 11.5 Å². The van der Waals surface area contributed by atoms with E-state index in [9.17, 15) is 4.79 Å². The zero-order valence-electron chi connectivity index (χ0n) is 16.0. The van der Waals surface area contributed by atoms with Gasteiger partial charge >= 0.3 is 0 Å². The third-order valence-electron chi connectivity index (χ3n) is 4.44. The lowest BCUT2D eigenvalue weighted by Gasteiger charge is -2.10. The number of carbonyl (C=O) groups excluding carboxylic acids is 1. The Balaban J connectivity index is 1.40. The number of hydrazone groups is 1. The number of hydrogen-bond acceptors (Lipinski definition) is 6. The SMILES string of the molecule is CCOc1ccc2ccccc2c1C=NNC(=O)CNc1ccc2c(c1)OCO2. The fourth-order valence-electron chi connectivity index (χ4n) is 3.09. The topological polar surface area (TPSA) is 81.2 Å². The molecule has 0 spiro atoms. The van der Waals surface area contributed by atoms with Gasteiger partial charge in [-0.1, -0.05) is 30.3 Å². The molecule has 0 aromatic heterocycles. The lowest BCUT2D eigenvalue weighted by molar-refractivity contribution is -0.119. The van der Waals surface area contributed by atoms with Gasteiger partial charge in [-0.15, -0.1) is 0 Å². The monoisotopic (exact) mass is 391 g/mol. The predicted octanol–water partition coefficient (Wildman–Crippen LogP) is 3.53. The van der Waals surface area contributed by atoms with Crippen molar-refractivity contribution in [2.75, 3.05) is 25.3 Å². The number of nitrogens with one attached hydrogen (secondary N) is 2. The van der Waals surface area contributed by atoms with Crippen molar-refractivity contribution >= 4 is 28.6 Å². The molecule has 2 N–H and O–H groups in total. The molecule has 0 saturated carbocycles. The van der Waals surface area contributed by atoms with Crippen LogP contribution in [0.3, 0.4) is 0 Å². The molecular weight excluding hydrogens is 370 g/mol. The van der Waals surface area contributed by atoms with E-state index in [0.717, 1.165) is 27.8 Å². The van der Waals surface area contributed by atoms with Gasteiger partial charge in [0.1, 0.15) is 5.75 Å². The van der Waals surface area contributed by atoms with Crippen LogP contribution in [0.4, 0.5) is 5.69 Å². The standard InChI is InChI=1S/C22H21N3O4/c1-2-27-19-9-7-15-5-3-4-6-17(15)18(19)12-24-25-22(26)13-23-16-8-10-20-21(11-16)29-14-28-20/h3-12,23H,2,13-14H2,1H3,(H,25,26). The number of rotatable bonds is 7. The molecule has 0 aliphatic carbocycles. The highest BCUT2D eigenvalue weighted by Crippen LogP contribution is 2.34. The largest absolute Gasteiger partial charge is 0.493 e. The van der Waals surface area contributed by atoms with E-state index in [4.69, 9.17) is 14.2 Å². The summed E-state index contributed by atoms with van der Waals surface area (Å²) in [5.74, 6) is 1.82. The molecule has 7 heteroatoms. The van der Waals surface area contributed by atoms with E-state index in [0.29, 0.717) is 18.1 Å². The Hall–Kier alpha value is -3.74. The molecule has 7 nitrogen and oxygen atoms in total. The van der Waals surface area contributed by atoms with Crippen molar-refractivity contribution < 1.29 is 19.0 Å². The second kappa shape index (κ2) is 8.52. The number of carbonyl (C=O) groups is 1. The highest BCUT2D eigenvalue weighted by atomic mass is 16.7. The van der Waals surface area contributed by atoms with E-state index in [1.54, 1.807) is 18.3 Å². The Labute approximate surface area is 168 Å². The van der Waals surface area contributed by atoms with Gasteiger partial charge in [-0.05, 0) is 35.9 Å². The van der Waals surface area contributed by atoms with Crippen molar-refractivity contribution in [3.8, 4) is 17.2 Å². The molecule has 1 aliphatic heterocycles. The first-order chi connectivity index (χ1) is 14.2. The van der Waals surface area contributed by atoms with Gasteiger partial charge in [-0.2, -0.15) is 5.10 Å². The van der Waals surface area contributed by atoms with Crippen LogP contribution in [0.15, 0.2) is 59.7 Å². The Bertz CT molecular complexity index is 1070. The van der Waals surface area contributed by atoms with Crippen LogP contribution in [0, 0.1) is 0 Å². The van der Waals surface area contributed by atoms with Crippen LogP contribution in [0.5, 0.6) is 17.2 Å². The highest BCUT2D eigenvalue weighted by Gasteiger charge is 2.13. The first-order valence-electron chi connectivity index (χ1n) is 9.34. The summed E-state index contributed by atoms with van der Waals surface area (Å²) in [6.45, 7) is 2.77. The Kier molecular flexibility index (Phi) is 5.47. The van der Waals surface area contributed by atoms with Crippen molar-refractivity contribution in [3.05, 3.63) is 60.2 Å². The van der Waals surface area contributed by atoms with Crippen molar-refractivity contribution in [1.82, 2.24) is 5.43 Å². The van der Waals surface area contributed by atoms with Gasteiger partial charge < -0.3 is 19.5 Å². The number of nitrogens with zero attached hydrogens (tertiary/aromatic N) is 1. The second-order valence-electron chi connectivity index (χ2n) is 6.35. The average Bonchev–Trinajstić information content (AvgIpc) is 3.21. The maximum atomic E-state index is 12.1.